The van der Waals surface area contributed by atoms with Crippen molar-refractivity contribution in [2.24, 2.45) is 17.6 Å². The summed E-state index contributed by atoms with van der Waals surface area (Å²) in [5, 5.41) is 55.1. The van der Waals surface area contributed by atoms with Crippen LogP contribution in [0, 0.1) is 11.8 Å². The molecule has 3 aliphatic rings. The lowest BCUT2D eigenvalue weighted by molar-refractivity contribution is -0.169. The number of Topliss-reactive ketones (excluding diaryl/α,β-unsaturated/α-hetero) is 2. The first kappa shape index (κ1) is 22.8. The molecule has 0 aliphatic heterocycles. The van der Waals surface area contributed by atoms with Gasteiger partial charge in [0.2, 0.25) is 5.78 Å². The van der Waals surface area contributed by atoms with Crippen LogP contribution in [0.2, 0.25) is 0 Å². The lowest BCUT2D eigenvalue weighted by Crippen LogP contribution is -2.70. The highest BCUT2D eigenvalue weighted by Crippen LogP contribution is 2.56. The van der Waals surface area contributed by atoms with E-state index in [2.05, 4.69) is 0 Å². The van der Waals surface area contributed by atoms with E-state index in [-0.39, 0.29) is 17.0 Å². The van der Waals surface area contributed by atoms with Crippen molar-refractivity contribution >= 4 is 28.9 Å². The Morgan fingerprint density at radius 2 is 1.76 bits per heavy atom. The Balaban J connectivity index is 2.08. The first-order valence-corrected chi connectivity index (χ1v) is 10.2. The van der Waals surface area contributed by atoms with Crippen LogP contribution in [-0.2, 0) is 14.4 Å². The minimum atomic E-state index is -2.93. The number of phenols is 1. The van der Waals surface area contributed by atoms with Crippen LogP contribution in [0.1, 0.15) is 24.0 Å². The number of primary amides is 1. The highest BCUT2D eigenvalue weighted by Gasteiger charge is 2.68. The number of ketones is 2. The van der Waals surface area contributed by atoms with Crippen molar-refractivity contribution in [2.75, 3.05) is 19.8 Å². The number of anilines is 1. The molecule has 3 aliphatic carbocycles. The Kier molecular flexibility index (Phi) is 4.86. The molecule has 1 unspecified atom stereocenters. The normalized spacial score (nSPS) is 33.7. The predicted octanol–water partition coefficient (Wildman–Crippen LogP) is -0.922. The molecule has 0 radical (unpaired) electrons. The number of carbonyl (C=O) groups is 3. The highest BCUT2D eigenvalue weighted by atomic mass is 16.4. The first-order valence-electron chi connectivity index (χ1n) is 10.2. The van der Waals surface area contributed by atoms with Gasteiger partial charge in [0.05, 0.1) is 23.6 Å². The number of hydrogen-bond acceptors (Lipinski definition) is 10. The van der Waals surface area contributed by atoms with E-state index in [4.69, 9.17) is 11.5 Å². The molecule has 11 heteroatoms. The number of nitrogens with zero attached hydrogens (tertiary/aromatic N) is 1. The molecule has 4 rings (SSSR count). The second-order valence-corrected chi connectivity index (χ2v) is 9.01. The maximum atomic E-state index is 13.7. The number of likely N-dealkylation sites (N-methyl/N-ethyl adjacent to an activating group) is 1. The third-order valence-corrected chi connectivity index (χ3v) is 7.14. The number of hydrogen-bond donors (Lipinski definition) is 7. The van der Waals surface area contributed by atoms with E-state index < -0.39 is 75.6 Å². The van der Waals surface area contributed by atoms with Gasteiger partial charge in [-0.3, -0.25) is 19.3 Å². The molecule has 9 N–H and O–H groups in total. The Bertz CT molecular complexity index is 1190. The van der Waals surface area contributed by atoms with Crippen molar-refractivity contribution in [2.45, 2.75) is 30.6 Å². The maximum absolute atomic E-state index is 13.7. The molecular formula is C22H25N3O8. The quantitative estimate of drug-likeness (QED) is 0.164. The lowest BCUT2D eigenvalue weighted by atomic mass is 9.54. The Labute approximate surface area is 188 Å². The van der Waals surface area contributed by atoms with E-state index in [1.807, 2.05) is 0 Å². The van der Waals surface area contributed by atoms with Crippen LogP contribution < -0.4 is 11.5 Å². The molecule has 1 amide bonds. The van der Waals surface area contributed by atoms with Crippen LogP contribution in [0.5, 0.6) is 5.75 Å². The minimum Gasteiger partial charge on any atom is -0.508 e. The van der Waals surface area contributed by atoms with Crippen molar-refractivity contribution in [1.82, 2.24) is 4.90 Å². The lowest BCUT2D eigenvalue weighted by Gasteiger charge is -2.53. The van der Waals surface area contributed by atoms with Gasteiger partial charge < -0.3 is 37.0 Å². The van der Waals surface area contributed by atoms with Gasteiger partial charge in [0, 0.05) is 17.2 Å². The topological polar surface area (TPSA) is 208 Å². The fourth-order valence-corrected chi connectivity index (χ4v) is 5.73. The van der Waals surface area contributed by atoms with Crippen LogP contribution in [0.25, 0.3) is 5.76 Å². The fraction of sp³-hybridized carbons (Fsp3) is 0.409. The Morgan fingerprint density at radius 1 is 1.15 bits per heavy atom. The van der Waals surface area contributed by atoms with Gasteiger partial charge in [-0.2, -0.15) is 0 Å². The van der Waals surface area contributed by atoms with E-state index in [0.717, 1.165) is 0 Å². The average molecular weight is 459 g/mol. The third-order valence-electron chi connectivity index (χ3n) is 7.14. The molecule has 6 atom stereocenters. The zero-order valence-corrected chi connectivity index (χ0v) is 18.1. The van der Waals surface area contributed by atoms with Gasteiger partial charge in [-0.1, -0.05) is 6.92 Å². The molecule has 33 heavy (non-hydrogen) atoms. The molecule has 0 aromatic heterocycles. The number of phenolic OH excluding ortho intramolecular Hbond substituents is 1. The summed E-state index contributed by atoms with van der Waals surface area (Å²) in [6.07, 6.45) is -1.65. The first-order chi connectivity index (χ1) is 15.3. The summed E-state index contributed by atoms with van der Waals surface area (Å²) in [4.78, 5) is 40.0. The van der Waals surface area contributed by atoms with Crippen LogP contribution in [0.4, 0.5) is 5.69 Å². The predicted molar refractivity (Wildman–Crippen MR) is 115 cm³/mol. The van der Waals surface area contributed by atoms with Gasteiger partial charge in [0.15, 0.2) is 11.4 Å². The summed E-state index contributed by atoms with van der Waals surface area (Å²) in [5.74, 6) is -9.37. The molecule has 0 saturated heterocycles. The summed E-state index contributed by atoms with van der Waals surface area (Å²) >= 11 is 0. The number of amides is 1. The van der Waals surface area contributed by atoms with E-state index in [0.29, 0.717) is 5.56 Å². The van der Waals surface area contributed by atoms with E-state index in [1.165, 1.54) is 31.1 Å². The summed E-state index contributed by atoms with van der Waals surface area (Å²) < 4.78 is 0. The molecule has 176 valence electrons. The molecule has 1 saturated carbocycles. The van der Waals surface area contributed by atoms with Crippen LogP contribution in [0.3, 0.4) is 0 Å². The average Bonchev–Trinajstić information content (AvgIpc) is 2.72. The number of aromatic hydroxyl groups is 1. The monoisotopic (exact) mass is 459 g/mol. The SMILES string of the molecule is CC1c2c(N)ccc(O)c2C(O)=C2C(=O)[C@@]3(O)C(O)=C(C(N)=O)C(=O)[C@H](N(C)C)[C@H]3[C@H](O)[C@H]21. The van der Waals surface area contributed by atoms with Crippen LogP contribution in [-0.4, -0.2) is 79.7 Å². The van der Waals surface area contributed by atoms with Gasteiger partial charge in [0.25, 0.3) is 5.91 Å². The molecule has 11 nitrogen and oxygen atoms in total. The van der Waals surface area contributed by atoms with Crippen LogP contribution >= 0.6 is 0 Å². The van der Waals surface area contributed by atoms with Crippen molar-refractivity contribution in [3.63, 3.8) is 0 Å². The number of aliphatic hydroxyl groups excluding tert-OH is 3. The number of nitrogen functional groups attached to an aromatic ring is 1. The van der Waals surface area contributed by atoms with E-state index in [1.54, 1.807) is 6.92 Å². The van der Waals surface area contributed by atoms with Crippen molar-refractivity contribution in [1.29, 1.82) is 0 Å². The smallest absolute Gasteiger partial charge is 0.255 e. The molecule has 0 spiro atoms. The number of fused-ring (bicyclic) bond motifs is 3. The molecule has 1 fully saturated rings. The van der Waals surface area contributed by atoms with Gasteiger partial charge in [-0.05, 0) is 37.7 Å². The molecule has 1 aromatic carbocycles. The van der Waals surface area contributed by atoms with Gasteiger partial charge in [0.1, 0.15) is 22.8 Å². The number of benzene rings is 1. The summed E-state index contributed by atoms with van der Waals surface area (Å²) in [7, 11) is 2.89. The van der Waals surface area contributed by atoms with Crippen LogP contribution in [0.15, 0.2) is 29.0 Å². The molecular weight excluding hydrogens is 434 g/mol. The van der Waals surface area contributed by atoms with Gasteiger partial charge >= 0.3 is 0 Å². The number of nitrogens with two attached hydrogens (primary N) is 2. The zero-order chi connectivity index (χ0) is 24.7. The highest BCUT2D eigenvalue weighted by molar-refractivity contribution is 6.24. The van der Waals surface area contributed by atoms with E-state index in [9.17, 15) is 39.9 Å². The van der Waals surface area contributed by atoms with Gasteiger partial charge in [-0.15, -0.1) is 0 Å². The summed E-state index contributed by atoms with van der Waals surface area (Å²) in [6.45, 7) is 1.62. The standard InChI is InChI=1S/C22H25N3O8/c1-6-9-7(23)4-5-8(26)11(9)16(27)12-10(6)17(28)14-15(25(2)3)18(29)13(21(24)32)20(31)22(14,33)19(12)30/h4-6,10,14-15,17,26-28,31,33H,23H2,1-3H3,(H2,24,32)/t6?,10-,14-,15+,17+,22+/m0/s1. The molecule has 0 bridgehead atoms. The summed E-state index contributed by atoms with van der Waals surface area (Å²) in [5.41, 5.74) is 7.35. The third kappa shape index (κ3) is 2.63. The zero-order valence-electron chi connectivity index (χ0n) is 18.1. The number of carbonyl (C=O) groups excluding carboxylic acids is 3. The summed E-state index contributed by atoms with van der Waals surface area (Å²) in [6, 6.07) is 1.24. The van der Waals surface area contributed by atoms with Crippen molar-refractivity contribution in [3.8, 4) is 5.75 Å². The van der Waals surface area contributed by atoms with Gasteiger partial charge in [-0.25, -0.2) is 0 Å². The molecule has 0 heterocycles. The largest absolute Gasteiger partial charge is 0.508 e. The fourth-order valence-electron chi connectivity index (χ4n) is 5.73. The minimum absolute atomic E-state index is 0.133. The number of rotatable bonds is 2. The Hall–Kier alpha value is -3.41. The van der Waals surface area contributed by atoms with Crippen molar-refractivity contribution in [3.05, 3.63) is 40.2 Å². The van der Waals surface area contributed by atoms with E-state index >= 15 is 0 Å². The maximum Gasteiger partial charge on any atom is 0.255 e. The second kappa shape index (κ2) is 7.04. The molecule has 1 aromatic rings. The number of aliphatic hydroxyl groups is 4. The second-order valence-electron chi connectivity index (χ2n) is 9.01. The van der Waals surface area contributed by atoms with Crippen molar-refractivity contribution < 1.29 is 39.9 Å². The Morgan fingerprint density at radius 3 is 2.30 bits per heavy atom.